The summed E-state index contributed by atoms with van der Waals surface area (Å²) in [5.41, 5.74) is 6.50. The third kappa shape index (κ3) is 4.18. The summed E-state index contributed by atoms with van der Waals surface area (Å²) in [6, 6.07) is 3.99. The maximum absolute atomic E-state index is 11.8. The molecular formula is C15H20N8O2. The Hall–Kier alpha value is -3.27. The van der Waals surface area contributed by atoms with Gasteiger partial charge in [-0.1, -0.05) is 0 Å². The first-order valence-electron chi connectivity index (χ1n) is 7.88. The predicted octanol–water partition coefficient (Wildman–Crippen LogP) is 0.191. The smallest absolute Gasteiger partial charge is 0.409 e. The first-order chi connectivity index (χ1) is 12.1. The van der Waals surface area contributed by atoms with Crippen molar-refractivity contribution >= 4 is 23.4 Å². The highest BCUT2D eigenvalue weighted by atomic mass is 16.6. The van der Waals surface area contributed by atoms with E-state index >= 15 is 0 Å². The second-order valence-electron chi connectivity index (χ2n) is 5.28. The number of hydrogen-bond acceptors (Lipinski definition) is 9. The number of ether oxygens (including phenoxy) is 1. The minimum atomic E-state index is -0.326. The van der Waals surface area contributed by atoms with Gasteiger partial charge < -0.3 is 25.2 Å². The number of anilines is 3. The highest BCUT2D eigenvalue weighted by molar-refractivity contribution is 5.76. The molecule has 2 rings (SSSR count). The molecule has 1 aromatic heterocycles. The van der Waals surface area contributed by atoms with Crippen LogP contribution in [0.4, 0.5) is 22.1 Å². The van der Waals surface area contributed by atoms with Crippen molar-refractivity contribution in [2.75, 3.05) is 61.4 Å². The zero-order valence-electron chi connectivity index (χ0n) is 14.1. The number of rotatable bonds is 5. The van der Waals surface area contributed by atoms with Crippen molar-refractivity contribution in [2.45, 2.75) is 6.92 Å². The monoisotopic (exact) mass is 344 g/mol. The molecule has 10 heteroatoms. The summed E-state index contributed by atoms with van der Waals surface area (Å²) in [4.78, 5) is 25.2. The van der Waals surface area contributed by atoms with Gasteiger partial charge in [-0.05, 0) is 6.92 Å². The molecule has 2 heterocycles. The average molecular weight is 344 g/mol. The minimum Gasteiger partial charge on any atom is -0.450 e. The van der Waals surface area contributed by atoms with Crippen molar-refractivity contribution in [1.29, 1.82) is 10.5 Å². The SMILES string of the molecule is CCOC(=O)N1CCN(c2ncnc(N(CC#N)CC#N)c2N)CC1. The standard InChI is InChI=1S/C15H20N8O2/c1-2-25-15(24)23-9-7-22(8-10-23)14-12(18)13(19-11-20-14)21(5-3-16)6-4-17/h11H,2,5-10,18H2,1H3. The summed E-state index contributed by atoms with van der Waals surface area (Å²) in [6.07, 6.45) is 1.04. The van der Waals surface area contributed by atoms with Gasteiger partial charge in [-0.2, -0.15) is 10.5 Å². The normalized spacial score (nSPS) is 13.7. The number of nitrogens with two attached hydrogens (primary N) is 1. The van der Waals surface area contributed by atoms with Gasteiger partial charge in [0.05, 0.1) is 18.7 Å². The topological polar surface area (TPSA) is 135 Å². The third-order valence-corrected chi connectivity index (χ3v) is 3.77. The lowest BCUT2D eigenvalue weighted by atomic mass is 10.3. The number of carbonyl (C=O) groups excluding carboxylic acids is 1. The summed E-state index contributed by atoms with van der Waals surface area (Å²) in [7, 11) is 0. The maximum Gasteiger partial charge on any atom is 0.409 e. The van der Waals surface area contributed by atoms with Crippen molar-refractivity contribution < 1.29 is 9.53 Å². The largest absolute Gasteiger partial charge is 0.450 e. The van der Waals surface area contributed by atoms with Gasteiger partial charge >= 0.3 is 6.09 Å². The second-order valence-corrected chi connectivity index (χ2v) is 5.28. The van der Waals surface area contributed by atoms with E-state index < -0.39 is 0 Å². The number of carbonyl (C=O) groups is 1. The van der Waals surface area contributed by atoms with Gasteiger partial charge in [0.25, 0.3) is 0 Å². The van der Waals surface area contributed by atoms with Gasteiger partial charge in [0.2, 0.25) is 0 Å². The van der Waals surface area contributed by atoms with Gasteiger partial charge in [0.15, 0.2) is 11.6 Å². The number of hydrogen-bond donors (Lipinski definition) is 1. The van der Waals surface area contributed by atoms with Crippen molar-refractivity contribution in [3.05, 3.63) is 6.33 Å². The van der Waals surface area contributed by atoms with E-state index in [-0.39, 0.29) is 19.2 Å². The molecule has 1 fully saturated rings. The maximum atomic E-state index is 11.8. The molecule has 25 heavy (non-hydrogen) atoms. The van der Waals surface area contributed by atoms with Crippen molar-refractivity contribution in [3.8, 4) is 12.1 Å². The van der Waals surface area contributed by atoms with Crippen LogP contribution in [0.3, 0.4) is 0 Å². The van der Waals surface area contributed by atoms with E-state index in [4.69, 9.17) is 21.0 Å². The van der Waals surface area contributed by atoms with E-state index in [0.29, 0.717) is 50.1 Å². The summed E-state index contributed by atoms with van der Waals surface area (Å²) < 4.78 is 5.00. The quantitative estimate of drug-likeness (QED) is 0.742. The molecule has 2 N–H and O–H groups in total. The van der Waals surface area contributed by atoms with Crippen LogP contribution in [0.5, 0.6) is 0 Å². The van der Waals surface area contributed by atoms with Crippen LogP contribution < -0.4 is 15.5 Å². The molecule has 0 bridgehead atoms. The highest BCUT2D eigenvalue weighted by Crippen LogP contribution is 2.29. The van der Waals surface area contributed by atoms with Gasteiger partial charge in [-0.3, -0.25) is 0 Å². The molecule has 10 nitrogen and oxygen atoms in total. The number of nitrogen functional groups attached to an aromatic ring is 1. The third-order valence-electron chi connectivity index (χ3n) is 3.77. The Morgan fingerprint density at radius 1 is 1.28 bits per heavy atom. The van der Waals surface area contributed by atoms with Crippen LogP contribution in [0, 0.1) is 22.7 Å². The van der Waals surface area contributed by atoms with Crippen LogP contribution in [-0.2, 0) is 4.74 Å². The lowest BCUT2D eigenvalue weighted by Gasteiger charge is -2.35. The molecule has 0 atom stereocenters. The molecule has 1 saturated heterocycles. The summed E-state index contributed by atoms with van der Waals surface area (Å²) in [5, 5.41) is 17.8. The molecular weight excluding hydrogens is 324 g/mol. The lowest BCUT2D eigenvalue weighted by molar-refractivity contribution is 0.105. The van der Waals surface area contributed by atoms with Gasteiger partial charge in [0, 0.05) is 26.2 Å². The number of nitriles is 2. The number of piperazine rings is 1. The first kappa shape index (κ1) is 18.1. The van der Waals surface area contributed by atoms with Crippen LogP contribution in [-0.4, -0.2) is 66.8 Å². The Morgan fingerprint density at radius 2 is 1.92 bits per heavy atom. The molecule has 1 aliphatic rings. The summed E-state index contributed by atoms with van der Waals surface area (Å²) in [5.74, 6) is 0.898. The molecule has 0 unspecified atom stereocenters. The average Bonchev–Trinajstić information content (AvgIpc) is 2.62. The van der Waals surface area contributed by atoms with E-state index in [1.165, 1.54) is 11.2 Å². The van der Waals surface area contributed by atoms with E-state index in [1.54, 1.807) is 11.8 Å². The van der Waals surface area contributed by atoms with E-state index in [1.807, 2.05) is 17.0 Å². The molecule has 0 aromatic carbocycles. The van der Waals surface area contributed by atoms with Gasteiger partial charge in [-0.25, -0.2) is 14.8 Å². The molecule has 0 spiro atoms. The first-order valence-corrected chi connectivity index (χ1v) is 7.88. The molecule has 1 aliphatic heterocycles. The number of nitrogens with zero attached hydrogens (tertiary/aromatic N) is 7. The van der Waals surface area contributed by atoms with Crippen LogP contribution in [0.2, 0.25) is 0 Å². The Bertz CT molecular complexity index is 672. The summed E-state index contributed by atoms with van der Waals surface area (Å²) >= 11 is 0. The molecule has 1 amide bonds. The van der Waals surface area contributed by atoms with E-state index in [9.17, 15) is 4.79 Å². The molecule has 0 saturated carbocycles. The van der Waals surface area contributed by atoms with E-state index in [2.05, 4.69) is 9.97 Å². The van der Waals surface area contributed by atoms with Crippen molar-refractivity contribution in [3.63, 3.8) is 0 Å². The van der Waals surface area contributed by atoms with Crippen LogP contribution in [0.15, 0.2) is 6.33 Å². The van der Waals surface area contributed by atoms with Crippen molar-refractivity contribution in [2.24, 2.45) is 0 Å². The zero-order valence-corrected chi connectivity index (χ0v) is 14.1. The predicted molar refractivity (Wildman–Crippen MR) is 90.7 cm³/mol. The zero-order chi connectivity index (χ0) is 18.2. The minimum absolute atomic E-state index is 0.00481. The van der Waals surface area contributed by atoms with Gasteiger partial charge in [-0.15, -0.1) is 0 Å². The number of amides is 1. The van der Waals surface area contributed by atoms with Crippen LogP contribution in [0.1, 0.15) is 6.92 Å². The van der Waals surface area contributed by atoms with E-state index in [0.717, 1.165) is 0 Å². The highest BCUT2D eigenvalue weighted by Gasteiger charge is 2.25. The molecule has 1 aromatic rings. The van der Waals surface area contributed by atoms with Crippen LogP contribution >= 0.6 is 0 Å². The Morgan fingerprint density at radius 3 is 2.48 bits per heavy atom. The fraction of sp³-hybridized carbons (Fsp3) is 0.533. The van der Waals surface area contributed by atoms with Gasteiger partial charge in [0.1, 0.15) is 25.1 Å². The Balaban J connectivity index is 2.14. The summed E-state index contributed by atoms with van der Waals surface area (Å²) in [6.45, 7) is 4.22. The number of aromatic nitrogens is 2. The molecule has 0 aliphatic carbocycles. The Kier molecular flexibility index (Phi) is 6.18. The molecule has 132 valence electrons. The fourth-order valence-electron chi connectivity index (χ4n) is 2.57. The second kappa shape index (κ2) is 8.55. The molecule has 0 radical (unpaired) electrons. The fourth-order valence-corrected chi connectivity index (χ4v) is 2.57. The lowest BCUT2D eigenvalue weighted by Crippen LogP contribution is -2.49. The Labute approximate surface area is 146 Å². The van der Waals surface area contributed by atoms with Crippen LogP contribution in [0.25, 0.3) is 0 Å². The van der Waals surface area contributed by atoms with Crippen molar-refractivity contribution in [1.82, 2.24) is 14.9 Å².